The molecule has 2 heterocycles. The third-order valence-corrected chi connectivity index (χ3v) is 3.89. The molecule has 2 aromatic heterocycles. The summed E-state index contributed by atoms with van der Waals surface area (Å²) in [5.41, 5.74) is 3.27. The number of aromatic nitrogens is 3. The van der Waals surface area contributed by atoms with Crippen LogP contribution < -0.4 is 0 Å². The zero-order valence-corrected chi connectivity index (χ0v) is 11.9. The zero-order valence-electron chi connectivity index (χ0n) is 11.9. The van der Waals surface area contributed by atoms with Crippen LogP contribution in [0.2, 0.25) is 0 Å². The highest BCUT2D eigenvalue weighted by molar-refractivity contribution is 5.97. The standard InChI is InChI=1S/C17H13N3O2/c1-19-12-9-5-6-10-13(12)20-15(16(21)22)14(18-17(19)20)11-7-3-2-4-8-11/h2-10H,1H3,(H,21,22). The summed E-state index contributed by atoms with van der Waals surface area (Å²) < 4.78 is 3.62. The summed E-state index contributed by atoms with van der Waals surface area (Å²) >= 11 is 0. The van der Waals surface area contributed by atoms with Crippen molar-refractivity contribution in [2.24, 2.45) is 7.05 Å². The van der Waals surface area contributed by atoms with Crippen molar-refractivity contribution >= 4 is 22.8 Å². The Kier molecular flexibility index (Phi) is 2.56. The van der Waals surface area contributed by atoms with Crippen LogP contribution >= 0.6 is 0 Å². The maximum atomic E-state index is 11.9. The molecule has 0 radical (unpaired) electrons. The van der Waals surface area contributed by atoms with Gasteiger partial charge in [0.15, 0.2) is 5.69 Å². The van der Waals surface area contributed by atoms with E-state index in [1.54, 1.807) is 4.40 Å². The molecule has 0 spiro atoms. The number of carboxylic acids is 1. The summed E-state index contributed by atoms with van der Waals surface area (Å²) in [5.74, 6) is -0.361. The van der Waals surface area contributed by atoms with Crippen molar-refractivity contribution < 1.29 is 9.90 Å². The van der Waals surface area contributed by atoms with Crippen LogP contribution in [0.1, 0.15) is 10.5 Å². The smallest absolute Gasteiger partial charge is 0.355 e. The van der Waals surface area contributed by atoms with E-state index in [9.17, 15) is 9.90 Å². The molecule has 0 saturated heterocycles. The molecule has 0 saturated carbocycles. The largest absolute Gasteiger partial charge is 0.476 e. The van der Waals surface area contributed by atoms with Crippen molar-refractivity contribution in [3.63, 3.8) is 0 Å². The van der Waals surface area contributed by atoms with Gasteiger partial charge in [0.1, 0.15) is 5.69 Å². The number of rotatable bonds is 2. The van der Waals surface area contributed by atoms with E-state index in [-0.39, 0.29) is 5.69 Å². The van der Waals surface area contributed by atoms with Crippen LogP contribution in [0.3, 0.4) is 0 Å². The Morgan fingerprint density at radius 3 is 2.32 bits per heavy atom. The van der Waals surface area contributed by atoms with Gasteiger partial charge < -0.3 is 9.67 Å². The summed E-state index contributed by atoms with van der Waals surface area (Å²) in [6.45, 7) is 0. The molecule has 4 rings (SSSR count). The first-order valence-electron chi connectivity index (χ1n) is 6.93. The number of hydrogen-bond donors (Lipinski definition) is 1. The van der Waals surface area contributed by atoms with Gasteiger partial charge in [0.05, 0.1) is 11.0 Å². The van der Waals surface area contributed by atoms with Crippen molar-refractivity contribution in [2.45, 2.75) is 0 Å². The van der Waals surface area contributed by atoms with Crippen LogP contribution in [0.15, 0.2) is 54.6 Å². The fraction of sp³-hybridized carbons (Fsp3) is 0.0588. The number of benzene rings is 2. The number of fused-ring (bicyclic) bond motifs is 3. The third kappa shape index (κ3) is 1.59. The molecule has 0 aliphatic carbocycles. The fourth-order valence-corrected chi connectivity index (χ4v) is 2.90. The number of imidazole rings is 2. The topological polar surface area (TPSA) is 59.5 Å². The van der Waals surface area contributed by atoms with E-state index in [4.69, 9.17) is 0 Å². The van der Waals surface area contributed by atoms with Crippen LogP contribution in [0.4, 0.5) is 0 Å². The summed E-state index contributed by atoms with van der Waals surface area (Å²) in [7, 11) is 1.89. The predicted molar refractivity (Wildman–Crippen MR) is 84.1 cm³/mol. The normalized spacial score (nSPS) is 11.3. The van der Waals surface area contributed by atoms with Crippen molar-refractivity contribution in [1.82, 2.24) is 14.0 Å². The first-order chi connectivity index (χ1) is 10.7. The highest BCUT2D eigenvalue weighted by atomic mass is 16.4. The second-order valence-electron chi connectivity index (χ2n) is 5.16. The molecule has 4 aromatic rings. The minimum absolute atomic E-state index is 0.193. The number of aromatic carboxylic acids is 1. The van der Waals surface area contributed by atoms with Gasteiger partial charge in [-0.15, -0.1) is 0 Å². The Hall–Kier alpha value is -3.08. The minimum Gasteiger partial charge on any atom is -0.476 e. The Labute approximate surface area is 126 Å². The molecular weight excluding hydrogens is 278 g/mol. The summed E-state index contributed by atoms with van der Waals surface area (Å²) in [4.78, 5) is 16.4. The second kappa shape index (κ2) is 4.46. The molecule has 1 N–H and O–H groups in total. The number of carboxylic acid groups (broad SMARTS) is 1. The van der Waals surface area contributed by atoms with Crippen molar-refractivity contribution in [3.05, 3.63) is 60.3 Å². The lowest BCUT2D eigenvalue weighted by molar-refractivity contribution is 0.0690. The highest BCUT2D eigenvalue weighted by Gasteiger charge is 2.24. The molecule has 0 aliphatic heterocycles. The predicted octanol–water partition coefficient (Wildman–Crippen LogP) is 3.19. The van der Waals surface area contributed by atoms with E-state index in [0.717, 1.165) is 16.6 Å². The zero-order chi connectivity index (χ0) is 15.3. The van der Waals surface area contributed by atoms with E-state index in [2.05, 4.69) is 4.98 Å². The van der Waals surface area contributed by atoms with E-state index in [0.29, 0.717) is 11.5 Å². The lowest BCUT2D eigenvalue weighted by atomic mass is 10.1. The first kappa shape index (κ1) is 12.6. The Balaban J connectivity index is 2.19. The molecule has 108 valence electrons. The molecule has 22 heavy (non-hydrogen) atoms. The molecule has 2 aromatic carbocycles. The molecule has 5 nitrogen and oxygen atoms in total. The lowest BCUT2D eigenvalue weighted by Crippen LogP contribution is -2.03. The Bertz CT molecular complexity index is 1010. The van der Waals surface area contributed by atoms with Crippen LogP contribution in [-0.2, 0) is 7.05 Å². The molecule has 0 atom stereocenters. The third-order valence-electron chi connectivity index (χ3n) is 3.89. The molecule has 0 aliphatic rings. The Morgan fingerprint density at radius 2 is 1.64 bits per heavy atom. The number of carbonyl (C=O) groups is 1. The highest BCUT2D eigenvalue weighted by Crippen LogP contribution is 2.29. The van der Waals surface area contributed by atoms with Gasteiger partial charge in [-0.1, -0.05) is 42.5 Å². The van der Waals surface area contributed by atoms with Gasteiger partial charge in [0.25, 0.3) is 0 Å². The van der Waals surface area contributed by atoms with E-state index >= 15 is 0 Å². The number of aryl methyl sites for hydroxylation is 1. The summed E-state index contributed by atoms with van der Waals surface area (Å²) in [5, 5.41) is 9.71. The quantitative estimate of drug-likeness (QED) is 0.617. The minimum atomic E-state index is -0.984. The molecule has 0 bridgehead atoms. The lowest BCUT2D eigenvalue weighted by Gasteiger charge is -2.01. The molecular formula is C17H13N3O2. The first-order valence-corrected chi connectivity index (χ1v) is 6.93. The van der Waals surface area contributed by atoms with E-state index < -0.39 is 5.97 Å². The molecule has 0 fully saturated rings. The SMILES string of the molecule is Cn1c2ccccc2n2c(C(=O)O)c(-c3ccccc3)nc12. The summed E-state index contributed by atoms with van der Waals surface area (Å²) in [6, 6.07) is 17.1. The van der Waals surface area contributed by atoms with E-state index in [1.165, 1.54) is 0 Å². The number of para-hydroxylation sites is 2. The summed E-state index contributed by atoms with van der Waals surface area (Å²) in [6.07, 6.45) is 0. The monoisotopic (exact) mass is 291 g/mol. The van der Waals surface area contributed by atoms with Gasteiger partial charge in [-0.2, -0.15) is 0 Å². The van der Waals surface area contributed by atoms with Crippen molar-refractivity contribution in [1.29, 1.82) is 0 Å². The number of nitrogens with zero attached hydrogens (tertiary/aromatic N) is 3. The molecule has 0 amide bonds. The average Bonchev–Trinajstić information content (AvgIpc) is 3.06. The Morgan fingerprint density at radius 1 is 1.00 bits per heavy atom. The van der Waals surface area contributed by atoms with Gasteiger partial charge in [-0.05, 0) is 12.1 Å². The fourth-order valence-electron chi connectivity index (χ4n) is 2.90. The van der Waals surface area contributed by atoms with Crippen LogP contribution in [0.5, 0.6) is 0 Å². The van der Waals surface area contributed by atoms with Crippen molar-refractivity contribution in [3.8, 4) is 11.3 Å². The van der Waals surface area contributed by atoms with Crippen LogP contribution in [-0.4, -0.2) is 25.0 Å². The van der Waals surface area contributed by atoms with Crippen LogP contribution in [0, 0.1) is 0 Å². The van der Waals surface area contributed by atoms with Crippen molar-refractivity contribution in [2.75, 3.05) is 0 Å². The van der Waals surface area contributed by atoms with Crippen LogP contribution in [0.25, 0.3) is 28.1 Å². The van der Waals surface area contributed by atoms with Gasteiger partial charge in [0.2, 0.25) is 5.78 Å². The maximum Gasteiger partial charge on any atom is 0.355 e. The molecule has 0 unspecified atom stereocenters. The average molecular weight is 291 g/mol. The molecule has 5 heteroatoms. The number of hydrogen-bond acceptors (Lipinski definition) is 2. The van der Waals surface area contributed by atoms with Gasteiger partial charge >= 0.3 is 5.97 Å². The maximum absolute atomic E-state index is 11.9. The van der Waals surface area contributed by atoms with Gasteiger partial charge in [0, 0.05) is 12.6 Å². The van der Waals surface area contributed by atoms with E-state index in [1.807, 2.05) is 66.2 Å². The van der Waals surface area contributed by atoms with Gasteiger partial charge in [-0.25, -0.2) is 9.78 Å². The second-order valence-corrected chi connectivity index (χ2v) is 5.16. The van der Waals surface area contributed by atoms with Gasteiger partial charge in [-0.3, -0.25) is 4.40 Å².